The Morgan fingerprint density at radius 2 is 2.11 bits per heavy atom. The minimum absolute atomic E-state index is 0.0360. The van der Waals surface area contributed by atoms with Crippen LogP contribution in [0.3, 0.4) is 0 Å². The summed E-state index contributed by atoms with van der Waals surface area (Å²) < 4.78 is 5.20. The maximum Gasteiger partial charge on any atom is 0.410 e. The van der Waals surface area contributed by atoms with Gasteiger partial charge < -0.3 is 9.64 Å². The Morgan fingerprint density at radius 3 is 2.61 bits per heavy atom. The van der Waals surface area contributed by atoms with Crippen LogP contribution in [0.2, 0.25) is 0 Å². The van der Waals surface area contributed by atoms with Gasteiger partial charge in [-0.2, -0.15) is 0 Å². The van der Waals surface area contributed by atoms with Gasteiger partial charge in [0.05, 0.1) is 6.54 Å². The second kappa shape index (κ2) is 4.83. The Bertz CT molecular complexity index is 375. The molecule has 0 aromatic carbocycles. The Labute approximate surface area is 107 Å². The van der Waals surface area contributed by atoms with Crippen molar-refractivity contribution in [2.24, 2.45) is 0 Å². The van der Waals surface area contributed by atoms with Gasteiger partial charge in [0.1, 0.15) is 11.6 Å². The lowest BCUT2D eigenvalue weighted by Gasteiger charge is -2.36. The number of likely N-dealkylation sites (N-methyl/N-ethyl adjacent to an activating group) is 2. The van der Waals surface area contributed by atoms with Crippen molar-refractivity contribution in [3.8, 4) is 0 Å². The number of rotatable bonds is 1. The summed E-state index contributed by atoms with van der Waals surface area (Å²) in [4.78, 5) is 26.4. The monoisotopic (exact) mass is 256 g/mol. The fourth-order valence-corrected chi connectivity index (χ4v) is 1.49. The van der Waals surface area contributed by atoms with E-state index in [0.717, 1.165) is 0 Å². The van der Waals surface area contributed by atoms with Gasteiger partial charge in [-0.1, -0.05) is 0 Å². The van der Waals surface area contributed by atoms with Crippen LogP contribution in [0.1, 0.15) is 20.8 Å². The van der Waals surface area contributed by atoms with Crippen LogP contribution in [0.4, 0.5) is 4.79 Å². The number of hydrogen-bond acceptors (Lipinski definition) is 4. The van der Waals surface area contributed by atoms with E-state index in [1.807, 2.05) is 0 Å². The Balaban J connectivity index is 2.72. The van der Waals surface area contributed by atoms with E-state index in [0.29, 0.717) is 0 Å². The smallest absolute Gasteiger partial charge is 0.410 e. The first kappa shape index (κ1) is 14.3. The molecular formula is C11H20N4O3. The highest BCUT2D eigenvalue weighted by atomic mass is 16.6. The standard InChI is InChI=1S/C11H20N4O3/c1-11(2,3)18-10(17)15(5)7-6-14(4)9(12)13-8(7)16/h7H,6H2,1-5H3,(H2,12,13,16). The number of hydrogen-bond donors (Lipinski definition) is 2. The molecule has 1 heterocycles. The number of amides is 2. The third-order valence-electron chi connectivity index (χ3n) is 2.52. The summed E-state index contributed by atoms with van der Waals surface area (Å²) in [5.74, 6) is -0.333. The van der Waals surface area contributed by atoms with Gasteiger partial charge in [0.25, 0.3) is 5.91 Å². The molecule has 102 valence electrons. The molecule has 0 aliphatic carbocycles. The minimum Gasteiger partial charge on any atom is -0.444 e. The van der Waals surface area contributed by atoms with E-state index in [4.69, 9.17) is 10.1 Å². The van der Waals surface area contributed by atoms with Crippen molar-refractivity contribution in [3.63, 3.8) is 0 Å². The van der Waals surface area contributed by atoms with Gasteiger partial charge in [-0.05, 0) is 20.8 Å². The van der Waals surface area contributed by atoms with Crippen LogP contribution in [-0.4, -0.2) is 60.0 Å². The first-order chi connectivity index (χ1) is 8.11. The second-order valence-corrected chi connectivity index (χ2v) is 5.33. The molecule has 1 aliphatic heterocycles. The molecule has 0 aromatic heterocycles. The van der Waals surface area contributed by atoms with Gasteiger partial charge in [-0.25, -0.2) is 4.79 Å². The zero-order chi connectivity index (χ0) is 14.1. The predicted molar refractivity (Wildman–Crippen MR) is 66.3 cm³/mol. The van der Waals surface area contributed by atoms with Crippen molar-refractivity contribution in [1.29, 1.82) is 5.41 Å². The molecule has 2 amide bonds. The van der Waals surface area contributed by atoms with E-state index in [9.17, 15) is 9.59 Å². The normalized spacial score (nSPS) is 20.5. The lowest BCUT2D eigenvalue weighted by Crippen LogP contribution is -2.62. The van der Waals surface area contributed by atoms with Gasteiger partial charge in [0.2, 0.25) is 0 Å². The Kier molecular flexibility index (Phi) is 3.83. The molecule has 0 radical (unpaired) electrons. The molecule has 1 saturated heterocycles. The van der Waals surface area contributed by atoms with Crippen LogP contribution >= 0.6 is 0 Å². The van der Waals surface area contributed by atoms with Gasteiger partial charge in [-0.15, -0.1) is 0 Å². The lowest BCUT2D eigenvalue weighted by atomic mass is 10.2. The minimum atomic E-state index is -0.654. The molecule has 1 rings (SSSR count). The van der Waals surface area contributed by atoms with E-state index in [1.165, 1.54) is 11.9 Å². The molecule has 0 bridgehead atoms. The average Bonchev–Trinajstić information content (AvgIpc) is 2.20. The van der Waals surface area contributed by atoms with Crippen LogP contribution < -0.4 is 5.32 Å². The molecule has 0 spiro atoms. The first-order valence-electron chi connectivity index (χ1n) is 5.68. The average molecular weight is 256 g/mol. The number of carbonyl (C=O) groups is 2. The largest absolute Gasteiger partial charge is 0.444 e. The summed E-state index contributed by atoms with van der Waals surface area (Å²) in [6.07, 6.45) is -0.551. The summed E-state index contributed by atoms with van der Waals surface area (Å²) in [7, 11) is 3.19. The summed E-state index contributed by atoms with van der Waals surface area (Å²) in [6.45, 7) is 5.57. The zero-order valence-corrected chi connectivity index (χ0v) is 11.4. The number of carbonyl (C=O) groups excluding carboxylic acids is 2. The Hall–Kier alpha value is -1.79. The summed E-state index contributed by atoms with van der Waals surface area (Å²) in [5.41, 5.74) is -0.602. The van der Waals surface area contributed by atoms with Gasteiger partial charge in [0.15, 0.2) is 5.96 Å². The third-order valence-corrected chi connectivity index (χ3v) is 2.52. The quantitative estimate of drug-likeness (QED) is 0.702. The molecule has 7 heteroatoms. The summed E-state index contributed by atoms with van der Waals surface area (Å²) >= 11 is 0. The fourth-order valence-electron chi connectivity index (χ4n) is 1.49. The van der Waals surface area contributed by atoms with Crippen LogP contribution in [-0.2, 0) is 9.53 Å². The highest BCUT2D eigenvalue weighted by Crippen LogP contribution is 2.12. The molecular weight excluding hydrogens is 236 g/mol. The molecule has 1 atom stereocenters. The van der Waals surface area contributed by atoms with Gasteiger partial charge in [0, 0.05) is 14.1 Å². The number of guanidine groups is 1. The highest BCUT2D eigenvalue weighted by molar-refractivity contribution is 6.01. The van der Waals surface area contributed by atoms with Crippen molar-refractivity contribution in [3.05, 3.63) is 0 Å². The molecule has 1 unspecified atom stereocenters. The number of ether oxygens (including phenoxy) is 1. The molecule has 0 aromatic rings. The number of nitrogens with one attached hydrogen (secondary N) is 2. The molecule has 1 aliphatic rings. The first-order valence-corrected chi connectivity index (χ1v) is 5.68. The van der Waals surface area contributed by atoms with E-state index in [1.54, 1.807) is 32.7 Å². The van der Waals surface area contributed by atoms with Crippen LogP contribution in [0.5, 0.6) is 0 Å². The van der Waals surface area contributed by atoms with E-state index >= 15 is 0 Å². The van der Waals surface area contributed by atoms with Crippen molar-refractivity contribution in [2.45, 2.75) is 32.4 Å². The molecule has 7 nitrogen and oxygen atoms in total. The molecule has 1 fully saturated rings. The lowest BCUT2D eigenvalue weighted by molar-refractivity contribution is -0.126. The fraction of sp³-hybridized carbons (Fsp3) is 0.727. The highest BCUT2D eigenvalue weighted by Gasteiger charge is 2.35. The Morgan fingerprint density at radius 1 is 1.56 bits per heavy atom. The van der Waals surface area contributed by atoms with Crippen LogP contribution in [0, 0.1) is 5.41 Å². The van der Waals surface area contributed by atoms with Gasteiger partial charge >= 0.3 is 6.09 Å². The molecule has 2 N–H and O–H groups in total. The van der Waals surface area contributed by atoms with Crippen molar-refractivity contribution >= 4 is 18.0 Å². The maximum absolute atomic E-state index is 11.8. The SMILES string of the molecule is CN1CC(N(C)C(=O)OC(C)(C)C)C(=O)NC1=N. The van der Waals surface area contributed by atoms with E-state index < -0.39 is 17.7 Å². The topological polar surface area (TPSA) is 85.7 Å². The molecule has 18 heavy (non-hydrogen) atoms. The van der Waals surface area contributed by atoms with Crippen molar-refractivity contribution in [2.75, 3.05) is 20.6 Å². The van der Waals surface area contributed by atoms with Crippen LogP contribution in [0.25, 0.3) is 0 Å². The molecule has 0 saturated carbocycles. The van der Waals surface area contributed by atoms with Gasteiger partial charge in [-0.3, -0.25) is 20.4 Å². The zero-order valence-electron chi connectivity index (χ0n) is 11.4. The van der Waals surface area contributed by atoms with E-state index in [-0.39, 0.29) is 18.4 Å². The third kappa shape index (κ3) is 3.35. The van der Waals surface area contributed by atoms with E-state index in [2.05, 4.69) is 5.32 Å². The maximum atomic E-state index is 11.8. The van der Waals surface area contributed by atoms with Crippen LogP contribution in [0.15, 0.2) is 0 Å². The summed E-state index contributed by atoms with van der Waals surface area (Å²) in [6, 6.07) is -0.654. The number of nitrogens with zero attached hydrogens (tertiary/aromatic N) is 2. The van der Waals surface area contributed by atoms with Crippen molar-refractivity contribution in [1.82, 2.24) is 15.1 Å². The second-order valence-electron chi connectivity index (χ2n) is 5.33. The predicted octanol–water partition coefficient (Wildman–Crippen LogP) is 0.218. The van der Waals surface area contributed by atoms with Crippen molar-refractivity contribution < 1.29 is 14.3 Å². The summed E-state index contributed by atoms with van der Waals surface area (Å²) in [5, 5.41) is 9.87.